The summed E-state index contributed by atoms with van der Waals surface area (Å²) in [6.45, 7) is 1.93. The molecule has 0 aliphatic carbocycles. The standard InChI is InChI=1S/C14H18O5/c1-9-6-10(8-15)18-13(7-9)19-14(17)11-4-2-3-5-12(11)16/h2-5,9-10,13,15-16H,6-8H2,1H3. The SMILES string of the molecule is CC1CC(CO)OC(OC(=O)c2ccccc2O)C1. The van der Waals surface area contributed by atoms with Gasteiger partial charge in [-0.15, -0.1) is 0 Å². The average molecular weight is 266 g/mol. The summed E-state index contributed by atoms with van der Waals surface area (Å²) < 4.78 is 10.7. The van der Waals surface area contributed by atoms with Gasteiger partial charge < -0.3 is 19.7 Å². The van der Waals surface area contributed by atoms with Crippen LogP contribution in [0.1, 0.15) is 30.1 Å². The van der Waals surface area contributed by atoms with E-state index in [1.807, 2.05) is 6.92 Å². The summed E-state index contributed by atoms with van der Waals surface area (Å²) in [5, 5.41) is 18.7. The van der Waals surface area contributed by atoms with Crippen molar-refractivity contribution in [2.75, 3.05) is 6.61 Å². The molecule has 104 valence electrons. The summed E-state index contributed by atoms with van der Waals surface area (Å²) in [7, 11) is 0. The van der Waals surface area contributed by atoms with Crippen LogP contribution >= 0.6 is 0 Å². The van der Waals surface area contributed by atoms with Gasteiger partial charge >= 0.3 is 5.97 Å². The van der Waals surface area contributed by atoms with Gasteiger partial charge in [0.25, 0.3) is 0 Å². The van der Waals surface area contributed by atoms with Crippen LogP contribution in [-0.4, -0.2) is 35.2 Å². The topological polar surface area (TPSA) is 76.0 Å². The number of benzene rings is 1. The molecular formula is C14H18O5. The van der Waals surface area contributed by atoms with E-state index in [2.05, 4.69) is 0 Å². The molecular weight excluding hydrogens is 248 g/mol. The average Bonchev–Trinajstić information content (AvgIpc) is 2.38. The van der Waals surface area contributed by atoms with Crippen molar-refractivity contribution < 1.29 is 24.5 Å². The molecule has 3 unspecified atom stereocenters. The normalized spacial score (nSPS) is 26.9. The molecule has 0 saturated carbocycles. The Bertz CT molecular complexity index is 445. The molecule has 0 aromatic heterocycles. The molecule has 1 saturated heterocycles. The third kappa shape index (κ3) is 3.45. The van der Waals surface area contributed by atoms with Crippen molar-refractivity contribution in [3.8, 4) is 5.75 Å². The maximum Gasteiger partial charge on any atom is 0.344 e. The number of aromatic hydroxyl groups is 1. The van der Waals surface area contributed by atoms with Crippen molar-refractivity contribution in [3.05, 3.63) is 29.8 Å². The number of rotatable bonds is 3. The minimum Gasteiger partial charge on any atom is -0.507 e. The Hall–Kier alpha value is -1.59. The maximum atomic E-state index is 11.9. The van der Waals surface area contributed by atoms with E-state index in [0.717, 1.165) is 6.42 Å². The van der Waals surface area contributed by atoms with Gasteiger partial charge in [0.1, 0.15) is 11.3 Å². The second-order valence-electron chi connectivity index (χ2n) is 4.87. The predicted molar refractivity (Wildman–Crippen MR) is 67.7 cm³/mol. The lowest BCUT2D eigenvalue weighted by atomic mass is 9.97. The summed E-state index contributed by atoms with van der Waals surface area (Å²) in [6.07, 6.45) is 0.371. The molecule has 0 bridgehead atoms. The number of phenols is 1. The van der Waals surface area contributed by atoms with Crippen molar-refractivity contribution in [1.29, 1.82) is 0 Å². The molecule has 1 aliphatic heterocycles. The molecule has 0 amide bonds. The van der Waals surface area contributed by atoms with E-state index in [4.69, 9.17) is 14.6 Å². The van der Waals surface area contributed by atoms with Gasteiger partial charge in [-0.05, 0) is 24.5 Å². The second kappa shape index (κ2) is 6.04. The first-order valence-electron chi connectivity index (χ1n) is 6.35. The third-order valence-electron chi connectivity index (χ3n) is 3.17. The maximum absolute atomic E-state index is 11.9. The van der Waals surface area contributed by atoms with Gasteiger partial charge in [0, 0.05) is 6.42 Å². The molecule has 0 spiro atoms. The highest BCUT2D eigenvalue weighted by Gasteiger charge is 2.29. The van der Waals surface area contributed by atoms with Crippen molar-refractivity contribution in [3.63, 3.8) is 0 Å². The molecule has 5 heteroatoms. The van der Waals surface area contributed by atoms with Crippen LogP contribution < -0.4 is 0 Å². The van der Waals surface area contributed by atoms with Gasteiger partial charge in [0.2, 0.25) is 6.29 Å². The lowest BCUT2D eigenvalue weighted by Crippen LogP contribution is -2.36. The number of hydrogen-bond acceptors (Lipinski definition) is 5. The zero-order valence-corrected chi connectivity index (χ0v) is 10.8. The minimum absolute atomic E-state index is 0.0883. The number of aliphatic hydroxyl groups excluding tert-OH is 1. The highest BCUT2D eigenvalue weighted by Crippen LogP contribution is 2.26. The molecule has 2 rings (SSSR count). The molecule has 5 nitrogen and oxygen atoms in total. The van der Waals surface area contributed by atoms with Crippen LogP contribution in [0.2, 0.25) is 0 Å². The van der Waals surface area contributed by atoms with Crippen molar-refractivity contribution >= 4 is 5.97 Å². The molecule has 19 heavy (non-hydrogen) atoms. The number of carbonyl (C=O) groups excluding carboxylic acids is 1. The van der Waals surface area contributed by atoms with Crippen LogP contribution in [0.15, 0.2) is 24.3 Å². The molecule has 1 aromatic carbocycles. The van der Waals surface area contributed by atoms with Gasteiger partial charge in [-0.1, -0.05) is 19.1 Å². The van der Waals surface area contributed by atoms with Gasteiger partial charge in [-0.2, -0.15) is 0 Å². The number of hydrogen-bond donors (Lipinski definition) is 2. The Kier molecular flexibility index (Phi) is 4.39. The van der Waals surface area contributed by atoms with E-state index < -0.39 is 12.3 Å². The summed E-state index contributed by atoms with van der Waals surface area (Å²) in [5.41, 5.74) is 0.116. The van der Waals surface area contributed by atoms with Crippen LogP contribution in [0.3, 0.4) is 0 Å². The quantitative estimate of drug-likeness (QED) is 0.814. The van der Waals surface area contributed by atoms with Crippen LogP contribution in [0.25, 0.3) is 0 Å². The lowest BCUT2D eigenvalue weighted by molar-refractivity contribution is -0.186. The Labute approximate surface area is 111 Å². The highest BCUT2D eigenvalue weighted by atomic mass is 16.7. The van der Waals surface area contributed by atoms with E-state index in [1.54, 1.807) is 12.1 Å². The van der Waals surface area contributed by atoms with Crippen molar-refractivity contribution in [1.82, 2.24) is 0 Å². The summed E-state index contributed by atoms with van der Waals surface area (Å²) >= 11 is 0. The molecule has 1 fully saturated rings. The molecule has 1 aromatic rings. The van der Waals surface area contributed by atoms with Crippen LogP contribution in [-0.2, 0) is 9.47 Å². The van der Waals surface area contributed by atoms with E-state index >= 15 is 0 Å². The number of ether oxygens (including phenoxy) is 2. The fourth-order valence-electron chi connectivity index (χ4n) is 2.22. The predicted octanol–water partition coefficient (Wildman–Crippen LogP) is 1.68. The number of aliphatic hydroxyl groups is 1. The molecule has 3 atom stereocenters. The zero-order chi connectivity index (χ0) is 13.8. The van der Waals surface area contributed by atoms with Gasteiger partial charge in [0.05, 0.1) is 12.7 Å². The smallest absolute Gasteiger partial charge is 0.344 e. The fourth-order valence-corrected chi connectivity index (χ4v) is 2.22. The van der Waals surface area contributed by atoms with E-state index in [1.165, 1.54) is 12.1 Å². The lowest BCUT2D eigenvalue weighted by Gasteiger charge is -2.32. The summed E-state index contributed by atoms with van der Waals surface area (Å²) in [5.74, 6) is -0.419. The van der Waals surface area contributed by atoms with Gasteiger partial charge in [-0.25, -0.2) is 4.79 Å². The number of para-hydroxylation sites is 1. The van der Waals surface area contributed by atoms with Crippen molar-refractivity contribution in [2.24, 2.45) is 5.92 Å². The Morgan fingerprint density at radius 1 is 1.42 bits per heavy atom. The molecule has 0 radical (unpaired) electrons. The summed E-state index contributed by atoms with van der Waals surface area (Å²) in [4.78, 5) is 11.9. The van der Waals surface area contributed by atoms with Gasteiger partial charge in [0.15, 0.2) is 0 Å². The molecule has 1 aliphatic rings. The van der Waals surface area contributed by atoms with Crippen LogP contribution in [0.4, 0.5) is 0 Å². The summed E-state index contributed by atoms with van der Waals surface area (Å²) in [6, 6.07) is 6.20. The Morgan fingerprint density at radius 2 is 2.16 bits per heavy atom. The van der Waals surface area contributed by atoms with Crippen LogP contribution in [0, 0.1) is 5.92 Å². The third-order valence-corrected chi connectivity index (χ3v) is 3.17. The van der Waals surface area contributed by atoms with E-state index in [0.29, 0.717) is 12.3 Å². The van der Waals surface area contributed by atoms with Crippen molar-refractivity contribution in [2.45, 2.75) is 32.2 Å². The van der Waals surface area contributed by atoms with E-state index in [9.17, 15) is 9.90 Å². The van der Waals surface area contributed by atoms with E-state index in [-0.39, 0.29) is 24.0 Å². The van der Waals surface area contributed by atoms with Gasteiger partial charge in [-0.3, -0.25) is 0 Å². The first kappa shape index (κ1) is 13.8. The first-order valence-corrected chi connectivity index (χ1v) is 6.35. The fraction of sp³-hybridized carbons (Fsp3) is 0.500. The minimum atomic E-state index is -0.673. The second-order valence-corrected chi connectivity index (χ2v) is 4.87. The molecule has 2 N–H and O–H groups in total. The first-order chi connectivity index (χ1) is 9.10. The zero-order valence-electron chi connectivity index (χ0n) is 10.8. The molecule has 1 heterocycles. The largest absolute Gasteiger partial charge is 0.507 e. The van der Waals surface area contributed by atoms with Crippen LogP contribution in [0.5, 0.6) is 5.75 Å². The monoisotopic (exact) mass is 266 g/mol. The Morgan fingerprint density at radius 3 is 2.84 bits per heavy atom. The Balaban J connectivity index is 2.01. The number of phenolic OH excluding ortho intramolecular Hbond substituents is 1. The highest BCUT2D eigenvalue weighted by molar-refractivity contribution is 5.92. The number of carbonyl (C=O) groups is 1. The number of esters is 1.